The Morgan fingerprint density at radius 3 is 2.44 bits per heavy atom. The number of guanidine groups is 1. The van der Waals surface area contributed by atoms with Crippen molar-refractivity contribution in [3.63, 3.8) is 0 Å². The van der Waals surface area contributed by atoms with E-state index in [1.54, 1.807) is 14.2 Å². The molecule has 32 heavy (non-hydrogen) atoms. The highest BCUT2D eigenvalue weighted by Crippen LogP contribution is 2.17. The molecule has 0 aliphatic heterocycles. The lowest BCUT2D eigenvalue weighted by Gasteiger charge is -2.14. The number of hydrogen-bond donors (Lipinski definition) is 4. The van der Waals surface area contributed by atoms with E-state index in [4.69, 9.17) is 9.47 Å². The average molecular weight is 555 g/mol. The molecule has 0 saturated heterocycles. The molecule has 0 heterocycles. The first-order valence-electron chi connectivity index (χ1n) is 10.4. The van der Waals surface area contributed by atoms with Crippen molar-refractivity contribution in [2.75, 3.05) is 38.0 Å². The Kier molecular flexibility index (Phi) is 13.2. The number of nitrogens with one attached hydrogen (secondary N) is 4. The molecular weight excluding hydrogens is 521 g/mol. The van der Waals surface area contributed by atoms with Crippen molar-refractivity contribution in [3.8, 4) is 5.75 Å². The van der Waals surface area contributed by atoms with E-state index in [1.165, 1.54) is 0 Å². The SMILES string of the molecule is CN=C(NCc1ccc(NC(=O)NC(C)C)cc1)Nc1cccc(OCCCOC)c1.I. The Balaban J connectivity index is 0.00000512. The molecule has 2 aromatic carbocycles. The van der Waals surface area contributed by atoms with Gasteiger partial charge in [0.2, 0.25) is 0 Å². The van der Waals surface area contributed by atoms with Crippen molar-refractivity contribution in [1.82, 2.24) is 10.6 Å². The summed E-state index contributed by atoms with van der Waals surface area (Å²) in [4.78, 5) is 16.0. The molecule has 2 rings (SSSR count). The maximum atomic E-state index is 11.8. The fraction of sp³-hybridized carbons (Fsp3) is 0.391. The minimum atomic E-state index is -0.213. The minimum Gasteiger partial charge on any atom is -0.493 e. The monoisotopic (exact) mass is 555 g/mol. The molecule has 0 bridgehead atoms. The lowest BCUT2D eigenvalue weighted by Crippen LogP contribution is -2.34. The zero-order valence-corrected chi connectivity index (χ0v) is 21.4. The zero-order chi connectivity index (χ0) is 22.5. The van der Waals surface area contributed by atoms with Crippen LogP contribution in [0.5, 0.6) is 5.75 Å². The number of halogens is 1. The van der Waals surface area contributed by atoms with E-state index in [0.29, 0.717) is 25.7 Å². The average Bonchev–Trinajstić information content (AvgIpc) is 2.75. The molecule has 0 fully saturated rings. The van der Waals surface area contributed by atoms with Crippen LogP contribution in [0.25, 0.3) is 0 Å². The van der Waals surface area contributed by atoms with Crippen molar-refractivity contribution < 1.29 is 14.3 Å². The summed E-state index contributed by atoms with van der Waals surface area (Å²) in [6, 6.07) is 15.3. The molecule has 0 aromatic heterocycles. The van der Waals surface area contributed by atoms with Gasteiger partial charge in [-0.05, 0) is 43.7 Å². The molecule has 0 unspecified atom stereocenters. The first-order chi connectivity index (χ1) is 15.0. The van der Waals surface area contributed by atoms with Crippen LogP contribution < -0.4 is 26.0 Å². The van der Waals surface area contributed by atoms with Gasteiger partial charge >= 0.3 is 6.03 Å². The Hall–Kier alpha value is -2.53. The first kappa shape index (κ1) is 27.5. The van der Waals surface area contributed by atoms with Gasteiger partial charge in [-0.2, -0.15) is 0 Å². The van der Waals surface area contributed by atoms with E-state index < -0.39 is 0 Å². The van der Waals surface area contributed by atoms with Crippen molar-refractivity contribution in [2.45, 2.75) is 32.9 Å². The van der Waals surface area contributed by atoms with E-state index in [2.05, 4.69) is 26.3 Å². The van der Waals surface area contributed by atoms with E-state index in [-0.39, 0.29) is 36.0 Å². The summed E-state index contributed by atoms with van der Waals surface area (Å²) in [7, 11) is 3.40. The summed E-state index contributed by atoms with van der Waals surface area (Å²) in [6.07, 6.45) is 0.841. The van der Waals surface area contributed by atoms with Crippen LogP contribution in [0.4, 0.5) is 16.2 Å². The van der Waals surface area contributed by atoms with Crippen LogP contribution in [-0.4, -0.2) is 45.4 Å². The van der Waals surface area contributed by atoms with Crippen LogP contribution >= 0.6 is 24.0 Å². The maximum Gasteiger partial charge on any atom is 0.319 e. The van der Waals surface area contributed by atoms with Crippen LogP contribution in [0.3, 0.4) is 0 Å². The largest absolute Gasteiger partial charge is 0.493 e. The third-order valence-electron chi connectivity index (χ3n) is 4.17. The predicted molar refractivity (Wildman–Crippen MR) is 141 cm³/mol. The van der Waals surface area contributed by atoms with Gasteiger partial charge in [0, 0.05) is 57.2 Å². The number of nitrogens with zero attached hydrogens (tertiary/aromatic N) is 1. The Labute approximate surface area is 207 Å². The fourth-order valence-electron chi connectivity index (χ4n) is 2.69. The molecule has 176 valence electrons. The van der Waals surface area contributed by atoms with Crippen LogP contribution in [0.15, 0.2) is 53.5 Å². The molecule has 0 spiro atoms. The van der Waals surface area contributed by atoms with E-state index >= 15 is 0 Å². The molecule has 2 amide bonds. The van der Waals surface area contributed by atoms with Gasteiger partial charge in [-0.15, -0.1) is 24.0 Å². The second kappa shape index (κ2) is 15.3. The summed E-state index contributed by atoms with van der Waals surface area (Å²) in [5.41, 5.74) is 2.69. The van der Waals surface area contributed by atoms with Gasteiger partial charge in [0.15, 0.2) is 5.96 Å². The summed E-state index contributed by atoms with van der Waals surface area (Å²) >= 11 is 0. The quantitative estimate of drug-likeness (QED) is 0.151. The predicted octanol–water partition coefficient (Wildman–Crippen LogP) is 4.44. The number of hydrogen-bond acceptors (Lipinski definition) is 4. The molecule has 0 atom stereocenters. The Bertz CT molecular complexity index is 844. The number of carbonyl (C=O) groups excluding carboxylic acids is 1. The standard InChI is InChI=1S/C23H33N5O3.HI/c1-17(2)26-23(29)28-19-11-9-18(10-12-19)16-25-22(24-3)27-20-7-5-8-21(15-20)31-14-6-13-30-4;/h5,7-12,15,17H,6,13-14,16H2,1-4H3,(H2,24,25,27)(H2,26,28,29);1H. The molecule has 2 aromatic rings. The normalized spacial score (nSPS) is 10.8. The molecule has 0 saturated carbocycles. The maximum absolute atomic E-state index is 11.8. The van der Waals surface area contributed by atoms with Gasteiger partial charge in [0.1, 0.15) is 5.75 Å². The number of methoxy groups -OCH3 is 1. The first-order valence-corrected chi connectivity index (χ1v) is 10.4. The van der Waals surface area contributed by atoms with Crippen LogP contribution in [0.1, 0.15) is 25.8 Å². The number of urea groups is 1. The summed E-state index contributed by atoms with van der Waals surface area (Å²) in [5.74, 6) is 1.44. The number of aliphatic imine (C=N–C) groups is 1. The number of amides is 2. The number of carbonyl (C=O) groups is 1. The summed E-state index contributed by atoms with van der Waals surface area (Å²) in [6.45, 7) is 5.71. The fourth-order valence-corrected chi connectivity index (χ4v) is 2.69. The third kappa shape index (κ3) is 10.7. The molecule has 0 aliphatic carbocycles. The van der Waals surface area contributed by atoms with Crippen molar-refractivity contribution in [2.24, 2.45) is 4.99 Å². The zero-order valence-electron chi connectivity index (χ0n) is 19.1. The van der Waals surface area contributed by atoms with E-state index in [9.17, 15) is 4.79 Å². The lowest BCUT2D eigenvalue weighted by molar-refractivity contribution is 0.172. The molecule has 4 N–H and O–H groups in total. The van der Waals surface area contributed by atoms with Gasteiger partial charge in [-0.25, -0.2) is 4.79 Å². The van der Waals surface area contributed by atoms with E-state index in [1.807, 2.05) is 62.4 Å². The molecule has 8 nitrogen and oxygen atoms in total. The van der Waals surface area contributed by atoms with Crippen LogP contribution in [0.2, 0.25) is 0 Å². The van der Waals surface area contributed by atoms with Gasteiger partial charge < -0.3 is 30.7 Å². The molecular formula is C23H34IN5O3. The summed E-state index contributed by atoms with van der Waals surface area (Å²) < 4.78 is 10.8. The second-order valence-electron chi connectivity index (χ2n) is 7.22. The Morgan fingerprint density at radius 1 is 1.03 bits per heavy atom. The second-order valence-corrected chi connectivity index (χ2v) is 7.22. The van der Waals surface area contributed by atoms with Gasteiger partial charge in [-0.3, -0.25) is 4.99 Å². The topological polar surface area (TPSA) is 96.0 Å². The minimum absolute atomic E-state index is 0. The number of rotatable bonds is 10. The van der Waals surface area contributed by atoms with Crippen molar-refractivity contribution in [1.29, 1.82) is 0 Å². The van der Waals surface area contributed by atoms with E-state index in [0.717, 1.165) is 29.1 Å². The highest BCUT2D eigenvalue weighted by atomic mass is 127. The smallest absolute Gasteiger partial charge is 0.319 e. The Morgan fingerprint density at radius 2 is 1.78 bits per heavy atom. The van der Waals surface area contributed by atoms with Crippen LogP contribution in [-0.2, 0) is 11.3 Å². The lowest BCUT2D eigenvalue weighted by atomic mass is 10.2. The van der Waals surface area contributed by atoms with Crippen LogP contribution in [0, 0.1) is 0 Å². The summed E-state index contributed by atoms with van der Waals surface area (Å²) in [5, 5.41) is 12.2. The number of anilines is 2. The van der Waals surface area contributed by atoms with Gasteiger partial charge in [0.05, 0.1) is 6.61 Å². The number of benzene rings is 2. The molecule has 0 aliphatic rings. The third-order valence-corrected chi connectivity index (χ3v) is 4.17. The number of ether oxygens (including phenoxy) is 2. The van der Waals surface area contributed by atoms with Gasteiger partial charge in [-0.1, -0.05) is 18.2 Å². The molecule has 0 radical (unpaired) electrons. The van der Waals surface area contributed by atoms with Crippen molar-refractivity contribution >= 4 is 47.3 Å². The van der Waals surface area contributed by atoms with Crippen molar-refractivity contribution in [3.05, 3.63) is 54.1 Å². The highest BCUT2D eigenvalue weighted by molar-refractivity contribution is 14.0. The highest BCUT2D eigenvalue weighted by Gasteiger charge is 2.05. The van der Waals surface area contributed by atoms with Gasteiger partial charge in [0.25, 0.3) is 0 Å². The molecule has 9 heteroatoms.